The average Bonchev–Trinajstić information content (AvgIpc) is 3.29. The van der Waals surface area contributed by atoms with E-state index in [9.17, 15) is 4.79 Å². The van der Waals surface area contributed by atoms with Gasteiger partial charge in [-0.2, -0.15) is 5.10 Å². The average molecular weight is 447 g/mol. The summed E-state index contributed by atoms with van der Waals surface area (Å²) in [6, 6.07) is 12.2. The molecule has 7 heteroatoms. The predicted molar refractivity (Wildman–Crippen MR) is 126 cm³/mol. The minimum atomic E-state index is 0.0971. The van der Waals surface area contributed by atoms with Crippen LogP contribution in [0.2, 0.25) is 0 Å². The van der Waals surface area contributed by atoms with Crippen LogP contribution in [-0.4, -0.2) is 46.8 Å². The van der Waals surface area contributed by atoms with E-state index < -0.39 is 0 Å². The number of rotatable bonds is 10. The molecule has 172 valence electrons. The number of anilines is 1. The van der Waals surface area contributed by atoms with Crippen LogP contribution < -0.4 is 14.4 Å². The van der Waals surface area contributed by atoms with Gasteiger partial charge in [-0.25, -0.2) is 4.98 Å². The molecule has 0 amide bonds. The largest absolute Gasteiger partial charge is 0.489 e. The first-order valence-corrected chi connectivity index (χ1v) is 11.8. The molecule has 1 aliphatic carbocycles. The van der Waals surface area contributed by atoms with Crippen molar-refractivity contribution in [2.24, 2.45) is 5.92 Å². The van der Waals surface area contributed by atoms with Crippen LogP contribution in [0.4, 0.5) is 5.69 Å². The second-order valence-electron chi connectivity index (χ2n) is 9.17. The summed E-state index contributed by atoms with van der Waals surface area (Å²) in [5.74, 6) is 2.51. The van der Waals surface area contributed by atoms with Crippen LogP contribution in [-0.2, 0) is 0 Å². The minimum Gasteiger partial charge on any atom is -0.489 e. The SMILES string of the molecule is C[C@H](CC(=O)c1cn[nH]c1)c1ccc(OC2CCN(c3ccnc(OCC4CC4)c3)C2)cc1. The Hall–Kier alpha value is -3.35. The molecule has 1 saturated heterocycles. The molecule has 2 fully saturated rings. The highest BCUT2D eigenvalue weighted by Gasteiger charge is 2.26. The normalized spacial score (nSPS) is 18.8. The van der Waals surface area contributed by atoms with E-state index in [4.69, 9.17) is 9.47 Å². The third-order valence-corrected chi connectivity index (χ3v) is 6.46. The van der Waals surface area contributed by atoms with E-state index in [1.54, 1.807) is 12.4 Å². The molecule has 1 unspecified atom stereocenters. The highest BCUT2D eigenvalue weighted by Crippen LogP contribution is 2.31. The van der Waals surface area contributed by atoms with Crippen molar-refractivity contribution in [1.29, 1.82) is 0 Å². The lowest BCUT2D eigenvalue weighted by atomic mass is 9.94. The van der Waals surface area contributed by atoms with E-state index in [-0.39, 0.29) is 17.8 Å². The van der Waals surface area contributed by atoms with Crippen LogP contribution in [0.5, 0.6) is 11.6 Å². The van der Waals surface area contributed by atoms with Crippen molar-refractivity contribution in [1.82, 2.24) is 15.2 Å². The van der Waals surface area contributed by atoms with Gasteiger partial charge >= 0.3 is 0 Å². The fourth-order valence-electron chi connectivity index (χ4n) is 4.21. The fourth-order valence-corrected chi connectivity index (χ4v) is 4.21. The van der Waals surface area contributed by atoms with E-state index in [0.717, 1.165) is 43.1 Å². The Morgan fingerprint density at radius 1 is 1.21 bits per heavy atom. The second-order valence-corrected chi connectivity index (χ2v) is 9.17. The molecular weight excluding hydrogens is 416 g/mol. The molecule has 1 saturated carbocycles. The summed E-state index contributed by atoms with van der Waals surface area (Å²) in [6.07, 6.45) is 9.15. The number of carbonyl (C=O) groups is 1. The van der Waals surface area contributed by atoms with Gasteiger partial charge in [-0.15, -0.1) is 0 Å². The molecule has 0 spiro atoms. The third-order valence-electron chi connectivity index (χ3n) is 6.46. The first-order chi connectivity index (χ1) is 16.1. The Morgan fingerprint density at radius 3 is 2.82 bits per heavy atom. The number of hydrogen-bond donors (Lipinski definition) is 1. The molecule has 2 aliphatic rings. The van der Waals surface area contributed by atoms with E-state index >= 15 is 0 Å². The van der Waals surface area contributed by atoms with E-state index in [1.165, 1.54) is 12.8 Å². The summed E-state index contributed by atoms with van der Waals surface area (Å²) >= 11 is 0. The van der Waals surface area contributed by atoms with Gasteiger partial charge in [0.15, 0.2) is 5.78 Å². The van der Waals surface area contributed by atoms with Gasteiger partial charge in [0.05, 0.1) is 24.9 Å². The topological polar surface area (TPSA) is 80.3 Å². The molecule has 33 heavy (non-hydrogen) atoms. The number of nitrogens with zero attached hydrogens (tertiary/aromatic N) is 3. The Labute approximate surface area is 194 Å². The van der Waals surface area contributed by atoms with Crippen LogP contribution in [0.25, 0.3) is 0 Å². The maximum absolute atomic E-state index is 12.3. The Balaban J connectivity index is 1.13. The number of ketones is 1. The molecule has 0 radical (unpaired) electrons. The number of aromatic amines is 1. The number of hydrogen-bond acceptors (Lipinski definition) is 6. The van der Waals surface area contributed by atoms with E-state index in [1.807, 2.05) is 30.5 Å². The van der Waals surface area contributed by atoms with Crippen molar-refractivity contribution in [2.45, 2.75) is 44.6 Å². The first kappa shape index (κ1) is 21.5. The summed E-state index contributed by atoms with van der Waals surface area (Å²) in [5, 5.41) is 6.55. The lowest BCUT2D eigenvalue weighted by Gasteiger charge is -2.20. The smallest absolute Gasteiger partial charge is 0.215 e. The molecule has 1 aliphatic heterocycles. The van der Waals surface area contributed by atoms with Crippen LogP contribution in [0.15, 0.2) is 55.0 Å². The Bertz CT molecular complexity index is 1060. The maximum Gasteiger partial charge on any atom is 0.215 e. The summed E-state index contributed by atoms with van der Waals surface area (Å²) in [5.41, 5.74) is 2.89. The van der Waals surface area contributed by atoms with Gasteiger partial charge in [-0.3, -0.25) is 9.89 Å². The summed E-state index contributed by atoms with van der Waals surface area (Å²) in [7, 11) is 0. The van der Waals surface area contributed by atoms with Gasteiger partial charge in [-0.1, -0.05) is 19.1 Å². The zero-order valence-electron chi connectivity index (χ0n) is 18.9. The molecule has 2 aromatic heterocycles. The Morgan fingerprint density at radius 2 is 2.06 bits per heavy atom. The van der Waals surface area contributed by atoms with Crippen LogP contribution >= 0.6 is 0 Å². The van der Waals surface area contributed by atoms with Gasteiger partial charge in [0.2, 0.25) is 5.88 Å². The van der Waals surface area contributed by atoms with Crippen molar-refractivity contribution in [3.8, 4) is 11.6 Å². The number of ether oxygens (including phenoxy) is 2. The van der Waals surface area contributed by atoms with Crippen molar-refractivity contribution in [3.05, 3.63) is 66.1 Å². The number of carbonyl (C=O) groups excluding carboxylic acids is 1. The summed E-state index contributed by atoms with van der Waals surface area (Å²) in [6.45, 7) is 4.62. The van der Waals surface area contributed by atoms with Gasteiger partial charge in [0, 0.05) is 43.5 Å². The van der Waals surface area contributed by atoms with Crippen LogP contribution in [0, 0.1) is 5.92 Å². The summed E-state index contributed by atoms with van der Waals surface area (Å²) in [4.78, 5) is 19.0. The van der Waals surface area contributed by atoms with Gasteiger partial charge < -0.3 is 14.4 Å². The summed E-state index contributed by atoms with van der Waals surface area (Å²) < 4.78 is 12.1. The Kier molecular flexibility index (Phi) is 6.28. The van der Waals surface area contributed by atoms with Crippen molar-refractivity contribution >= 4 is 11.5 Å². The quantitative estimate of drug-likeness (QED) is 0.458. The third kappa shape index (κ3) is 5.53. The zero-order chi connectivity index (χ0) is 22.6. The number of pyridine rings is 1. The molecule has 7 nitrogen and oxygen atoms in total. The van der Waals surface area contributed by atoms with Gasteiger partial charge in [0.25, 0.3) is 0 Å². The van der Waals surface area contributed by atoms with Gasteiger partial charge in [0.1, 0.15) is 11.9 Å². The monoisotopic (exact) mass is 446 g/mol. The number of Topliss-reactive ketones (excluding diaryl/α,β-unsaturated/α-hetero) is 1. The number of H-pyrrole nitrogens is 1. The highest BCUT2D eigenvalue weighted by molar-refractivity contribution is 5.96. The molecule has 3 aromatic rings. The number of nitrogens with one attached hydrogen (secondary N) is 1. The highest BCUT2D eigenvalue weighted by atomic mass is 16.5. The van der Waals surface area contributed by atoms with Crippen molar-refractivity contribution < 1.29 is 14.3 Å². The predicted octanol–water partition coefficient (Wildman–Crippen LogP) is 4.63. The molecule has 5 rings (SSSR count). The molecule has 3 heterocycles. The molecular formula is C26H30N4O3. The molecule has 2 atom stereocenters. The minimum absolute atomic E-state index is 0.0971. The standard InChI is InChI=1S/C26H30N4O3/c1-18(12-25(31)21-14-28-29-15-21)20-4-6-23(7-5-20)33-24-9-11-30(16-24)22-8-10-27-26(13-22)32-17-19-2-3-19/h4-8,10,13-15,18-19,24H,2-3,9,11-12,16-17H2,1H3,(H,28,29)/t18-,24?/m1/s1. The lowest BCUT2D eigenvalue weighted by molar-refractivity contribution is 0.0975. The van der Waals surface area contributed by atoms with E-state index in [0.29, 0.717) is 23.8 Å². The maximum atomic E-state index is 12.3. The number of benzene rings is 1. The zero-order valence-corrected chi connectivity index (χ0v) is 18.9. The molecule has 1 N–H and O–H groups in total. The fraction of sp³-hybridized carbons (Fsp3) is 0.423. The lowest BCUT2D eigenvalue weighted by Crippen LogP contribution is -2.24. The van der Waals surface area contributed by atoms with Gasteiger partial charge in [-0.05, 0) is 48.4 Å². The van der Waals surface area contributed by atoms with Crippen molar-refractivity contribution in [3.63, 3.8) is 0 Å². The first-order valence-electron chi connectivity index (χ1n) is 11.8. The molecule has 1 aromatic carbocycles. The number of aromatic nitrogens is 3. The van der Waals surface area contributed by atoms with Crippen molar-refractivity contribution in [2.75, 3.05) is 24.6 Å². The van der Waals surface area contributed by atoms with E-state index in [2.05, 4.69) is 39.1 Å². The molecule has 0 bridgehead atoms. The van der Waals surface area contributed by atoms with Crippen LogP contribution in [0.3, 0.4) is 0 Å². The second kappa shape index (κ2) is 9.65. The van der Waals surface area contributed by atoms with Crippen LogP contribution in [0.1, 0.15) is 54.4 Å².